The van der Waals surface area contributed by atoms with Gasteiger partial charge in [-0.1, -0.05) is 19.1 Å². The first-order valence-electron chi connectivity index (χ1n) is 8.58. The van der Waals surface area contributed by atoms with Crippen LogP contribution in [0.15, 0.2) is 6.20 Å². The lowest BCUT2D eigenvalue weighted by molar-refractivity contribution is 0.110. The number of aryl methyl sites for hydroxylation is 1. The van der Waals surface area contributed by atoms with Crippen molar-refractivity contribution in [2.24, 2.45) is 5.92 Å². The maximum Gasteiger partial charge on any atom is 0.0759 e. The number of nitrogens with one attached hydrogen (secondary N) is 1. The third-order valence-electron chi connectivity index (χ3n) is 5.43. The van der Waals surface area contributed by atoms with E-state index in [2.05, 4.69) is 46.1 Å². The first-order chi connectivity index (χ1) is 10.2. The molecule has 1 aromatic rings. The lowest BCUT2D eigenvalue weighted by Gasteiger charge is -2.40. The number of nitrogens with zero attached hydrogens (tertiary/aromatic N) is 4. The molecule has 1 N–H and O–H groups in total. The molecule has 2 saturated heterocycles. The molecule has 21 heavy (non-hydrogen) atoms. The van der Waals surface area contributed by atoms with Crippen molar-refractivity contribution in [1.82, 2.24) is 25.2 Å². The maximum absolute atomic E-state index is 4.29. The van der Waals surface area contributed by atoms with Crippen LogP contribution in [0, 0.1) is 5.92 Å². The molecule has 0 spiro atoms. The summed E-state index contributed by atoms with van der Waals surface area (Å²) in [4.78, 5) is 2.61. The van der Waals surface area contributed by atoms with E-state index in [9.17, 15) is 0 Å². The second kappa shape index (κ2) is 6.44. The number of fused-ring (bicyclic) bond motifs is 2. The highest BCUT2D eigenvalue weighted by atomic mass is 15.4. The highest BCUT2D eigenvalue weighted by molar-refractivity contribution is 5.08. The van der Waals surface area contributed by atoms with Gasteiger partial charge in [0.1, 0.15) is 0 Å². The molecule has 118 valence electrons. The van der Waals surface area contributed by atoms with E-state index in [1.165, 1.54) is 31.4 Å². The molecule has 0 saturated carbocycles. The molecule has 2 bridgehead atoms. The Bertz CT molecular complexity index is 443. The van der Waals surface area contributed by atoms with Gasteiger partial charge in [0.05, 0.1) is 17.9 Å². The van der Waals surface area contributed by atoms with Gasteiger partial charge in [0.2, 0.25) is 0 Å². The third kappa shape index (κ3) is 2.86. The van der Waals surface area contributed by atoms with E-state index >= 15 is 0 Å². The van der Waals surface area contributed by atoms with Crippen molar-refractivity contribution < 1.29 is 0 Å². The van der Waals surface area contributed by atoms with Crippen molar-refractivity contribution in [3.05, 3.63) is 11.9 Å². The molecule has 0 aliphatic carbocycles. The molecule has 3 unspecified atom stereocenters. The van der Waals surface area contributed by atoms with Gasteiger partial charge in [-0.3, -0.25) is 0 Å². The van der Waals surface area contributed by atoms with E-state index in [-0.39, 0.29) is 0 Å². The summed E-state index contributed by atoms with van der Waals surface area (Å²) in [5.74, 6) is 0.716. The van der Waals surface area contributed by atoms with Crippen LogP contribution in [0.4, 0.5) is 0 Å². The van der Waals surface area contributed by atoms with Gasteiger partial charge in [0, 0.05) is 18.6 Å². The normalized spacial score (nSPS) is 30.7. The van der Waals surface area contributed by atoms with Crippen LogP contribution in [-0.4, -0.2) is 45.6 Å². The Balaban J connectivity index is 1.80. The maximum atomic E-state index is 4.29. The topological polar surface area (TPSA) is 46.0 Å². The van der Waals surface area contributed by atoms with Gasteiger partial charge in [-0.25, -0.2) is 4.68 Å². The fraction of sp³-hybridized carbons (Fsp3) is 0.875. The fourth-order valence-corrected chi connectivity index (χ4v) is 4.35. The Kier molecular flexibility index (Phi) is 4.60. The largest absolute Gasteiger partial charge is 0.309 e. The van der Waals surface area contributed by atoms with Gasteiger partial charge in [-0.2, -0.15) is 0 Å². The summed E-state index contributed by atoms with van der Waals surface area (Å²) >= 11 is 0. The average Bonchev–Trinajstić information content (AvgIpc) is 2.98. The second-order valence-corrected chi connectivity index (χ2v) is 6.70. The van der Waals surface area contributed by atoms with Crippen molar-refractivity contribution in [3.8, 4) is 0 Å². The minimum absolute atomic E-state index is 0.411. The Morgan fingerprint density at radius 2 is 2.00 bits per heavy atom. The first kappa shape index (κ1) is 15.0. The second-order valence-electron chi connectivity index (χ2n) is 6.70. The first-order valence-corrected chi connectivity index (χ1v) is 8.58. The number of piperidine rings is 1. The molecular weight excluding hydrogens is 262 g/mol. The zero-order chi connectivity index (χ0) is 14.8. The van der Waals surface area contributed by atoms with Crippen LogP contribution >= 0.6 is 0 Å². The molecule has 2 aliphatic heterocycles. The van der Waals surface area contributed by atoms with Crippen LogP contribution in [-0.2, 0) is 6.54 Å². The minimum Gasteiger partial charge on any atom is -0.309 e. The van der Waals surface area contributed by atoms with Gasteiger partial charge in [0.25, 0.3) is 0 Å². The van der Waals surface area contributed by atoms with Crippen LogP contribution in [0.25, 0.3) is 0 Å². The highest BCUT2D eigenvalue weighted by Gasteiger charge is 2.41. The molecule has 0 amide bonds. The summed E-state index contributed by atoms with van der Waals surface area (Å²) in [6, 6.07) is 1.98. The van der Waals surface area contributed by atoms with Gasteiger partial charge in [-0.05, 0) is 51.6 Å². The van der Waals surface area contributed by atoms with Crippen LogP contribution < -0.4 is 5.32 Å². The Hall–Kier alpha value is -0.940. The molecule has 5 heteroatoms. The van der Waals surface area contributed by atoms with E-state index in [0.717, 1.165) is 31.6 Å². The standard InChI is InChI=1S/C16H29N5/c1-4-8-21-15(11-18-19-21)16(17-5-2)12-9-13-6-7-14(10-12)20(13)3/h11-14,16-17H,4-10H2,1-3H3. The van der Waals surface area contributed by atoms with E-state index in [1.807, 2.05) is 6.20 Å². The number of rotatable bonds is 6. The zero-order valence-electron chi connectivity index (χ0n) is 13.6. The lowest BCUT2D eigenvalue weighted by atomic mass is 9.83. The minimum atomic E-state index is 0.411. The summed E-state index contributed by atoms with van der Waals surface area (Å²) in [5, 5.41) is 12.2. The molecule has 0 aromatic carbocycles. The Morgan fingerprint density at radius 3 is 2.62 bits per heavy atom. The summed E-state index contributed by atoms with van der Waals surface area (Å²) in [7, 11) is 2.31. The monoisotopic (exact) mass is 291 g/mol. The average molecular weight is 291 g/mol. The molecule has 3 heterocycles. The van der Waals surface area contributed by atoms with E-state index in [0.29, 0.717) is 12.0 Å². The van der Waals surface area contributed by atoms with Crippen LogP contribution in [0.2, 0.25) is 0 Å². The van der Waals surface area contributed by atoms with Gasteiger partial charge >= 0.3 is 0 Å². The molecule has 5 nitrogen and oxygen atoms in total. The molecule has 0 radical (unpaired) electrons. The lowest BCUT2D eigenvalue weighted by Crippen LogP contribution is -2.44. The smallest absolute Gasteiger partial charge is 0.0759 e. The molecule has 2 fully saturated rings. The summed E-state index contributed by atoms with van der Waals surface area (Å²) in [5.41, 5.74) is 1.28. The van der Waals surface area contributed by atoms with E-state index in [4.69, 9.17) is 0 Å². The van der Waals surface area contributed by atoms with Crippen LogP contribution in [0.3, 0.4) is 0 Å². The van der Waals surface area contributed by atoms with Crippen LogP contribution in [0.1, 0.15) is 57.7 Å². The third-order valence-corrected chi connectivity index (χ3v) is 5.43. The summed E-state index contributed by atoms with van der Waals surface area (Å²) in [6.07, 6.45) is 8.45. The Labute approximate surface area is 128 Å². The van der Waals surface area contributed by atoms with Crippen molar-refractivity contribution in [2.75, 3.05) is 13.6 Å². The molecule has 1 aromatic heterocycles. The SMILES string of the molecule is CCCn1nncc1C(NCC)C1CC2CCC(C1)N2C. The van der Waals surface area contributed by atoms with Crippen molar-refractivity contribution in [1.29, 1.82) is 0 Å². The van der Waals surface area contributed by atoms with Gasteiger partial charge in [-0.15, -0.1) is 5.10 Å². The fourth-order valence-electron chi connectivity index (χ4n) is 4.35. The van der Waals surface area contributed by atoms with Crippen molar-refractivity contribution in [2.45, 2.75) is 70.6 Å². The summed E-state index contributed by atoms with van der Waals surface area (Å²) < 4.78 is 2.10. The Morgan fingerprint density at radius 1 is 1.29 bits per heavy atom. The van der Waals surface area contributed by atoms with Crippen LogP contribution in [0.5, 0.6) is 0 Å². The predicted molar refractivity (Wildman–Crippen MR) is 84.0 cm³/mol. The van der Waals surface area contributed by atoms with Crippen molar-refractivity contribution in [3.63, 3.8) is 0 Å². The number of hydrogen-bond donors (Lipinski definition) is 1. The van der Waals surface area contributed by atoms with Gasteiger partial charge < -0.3 is 10.2 Å². The quantitative estimate of drug-likeness (QED) is 0.873. The highest BCUT2D eigenvalue weighted by Crippen LogP contribution is 2.42. The summed E-state index contributed by atoms with van der Waals surface area (Å²) in [6.45, 7) is 6.37. The number of hydrogen-bond acceptors (Lipinski definition) is 4. The molecule has 3 rings (SSSR count). The van der Waals surface area contributed by atoms with Gasteiger partial charge in [0.15, 0.2) is 0 Å². The zero-order valence-corrected chi connectivity index (χ0v) is 13.6. The molecule has 2 aliphatic rings. The molecule has 3 atom stereocenters. The number of aromatic nitrogens is 3. The van der Waals surface area contributed by atoms with Crippen molar-refractivity contribution >= 4 is 0 Å². The van der Waals surface area contributed by atoms with E-state index in [1.54, 1.807) is 0 Å². The van der Waals surface area contributed by atoms with E-state index < -0.39 is 0 Å². The predicted octanol–water partition coefficient (Wildman–Crippen LogP) is 2.21. The molecular formula is C16H29N5.